The SMILES string of the molecule is Cc1ccc(C(Cl)c2cc(F)c(F)cc2Cl)c(Cl)c1. The van der Waals surface area contributed by atoms with Crippen LogP contribution in [-0.2, 0) is 0 Å². The predicted molar refractivity (Wildman–Crippen MR) is 75.3 cm³/mol. The van der Waals surface area contributed by atoms with Crippen LogP contribution in [0, 0.1) is 18.6 Å². The molecule has 0 amide bonds. The lowest BCUT2D eigenvalue weighted by molar-refractivity contribution is 0.507. The van der Waals surface area contributed by atoms with E-state index in [1.54, 1.807) is 12.1 Å². The Labute approximate surface area is 124 Å². The van der Waals surface area contributed by atoms with Crippen molar-refractivity contribution >= 4 is 34.8 Å². The quantitative estimate of drug-likeness (QED) is 0.476. The molecule has 19 heavy (non-hydrogen) atoms. The highest BCUT2D eigenvalue weighted by Gasteiger charge is 2.19. The van der Waals surface area contributed by atoms with Crippen LogP contribution in [0.25, 0.3) is 0 Å². The normalized spacial score (nSPS) is 12.5. The molecule has 0 heterocycles. The molecule has 0 nitrogen and oxygen atoms in total. The third-order valence-corrected chi connectivity index (χ3v) is 3.87. The fourth-order valence-electron chi connectivity index (χ4n) is 1.74. The average molecular weight is 322 g/mol. The van der Waals surface area contributed by atoms with E-state index in [9.17, 15) is 8.78 Å². The van der Waals surface area contributed by atoms with Crippen LogP contribution >= 0.6 is 34.8 Å². The summed E-state index contributed by atoms with van der Waals surface area (Å²) in [5, 5.41) is -0.216. The van der Waals surface area contributed by atoms with E-state index >= 15 is 0 Å². The third-order valence-electron chi connectivity index (χ3n) is 2.74. The fourth-order valence-corrected chi connectivity index (χ4v) is 2.82. The van der Waals surface area contributed by atoms with Gasteiger partial charge in [-0.1, -0.05) is 35.3 Å². The van der Waals surface area contributed by atoms with E-state index in [4.69, 9.17) is 34.8 Å². The van der Waals surface area contributed by atoms with Gasteiger partial charge in [0.1, 0.15) is 0 Å². The van der Waals surface area contributed by atoms with E-state index in [1.165, 1.54) is 0 Å². The molecular weight excluding hydrogens is 313 g/mol. The van der Waals surface area contributed by atoms with Crippen LogP contribution in [0.2, 0.25) is 10.0 Å². The first-order valence-corrected chi connectivity index (χ1v) is 6.64. The van der Waals surface area contributed by atoms with Crippen LogP contribution in [0.4, 0.5) is 8.78 Å². The number of aryl methyl sites for hydroxylation is 1. The Morgan fingerprint density at radius 3 is 2.11 bits per heavy atom. The van der Waals surface area contributed by atoms with Gasteiger partial charge < -0.3 is 0 Å². The van der Waals surface area contributed by atoms with E-state index in [0.717, 1.165) is 17.7 Å². The molecule has 5 heteroatoms. The van der Waals surface area contributed by atoms with Crippen molar-refractivity contribution in [3.63, 3.8) is 0 Å². The number of halogens is 5. The Bertz CT molecular complexity index is 626. The van der Waals surface area contributed by atoms with E-state index in [1.807, 2.05) is 13.0 Å². The van der Waals surface area contributed by atoms with Gasteiger partial charge in [0.05, 0.1) is 5.38 Å². The second kappa shape index (κ2) is 5.66. The highest BCUT2D eigenvalue weighted by atomic mass is 35.5. The van der Waals surface area contributed by atoms with Gasteiger partial charge in [-0.15, -0.1) is 11.6 Å². The molecule has 0 fully saturated rings. The van der Waals surface area contributed by atoms with Crippen molar-refractivity contribution < 1.29 is 8.78 Å². The number of hydrogen-bond acceptors (Lipinski definition) is 0. The first-order chi connectivity index (χ1) is 8.90. The van der Waals surface area contributed by atoms with Crippen LogP contribution in [0.15, 0.2) is 30.3 Å². The molecule has 0 saturated heterocycles. The molecule has 0 aliphatic rings. The Morgan fingerprint density at radius 2 is 1.47 bits per heavy atom. The molecule has 0 N–H and O–H groups in total. The molecule has 1 unspecified atom stereocenters. The number of benzene rings is 2. The molecule has 0 aliphatic heterocycles. The summed E-state index contributed by atoms with van der Waals surface area (Å²) in [6, 6.07) is 7.23. The molecule has 0 saturated carbocycles. The van der Waals surface area contributed by atoms with E-state index < -0.39 is 17.0 Å². The number of hydrogen-bond donors (Lipinski definition) is 0. The summed E-state index contributed by atoms with van der Waals surface area (Å²) < 4.78 is 26.3. The zero-order valence-electron chi connectivity index (χ0n) is 9.85. The second-order valence-corrected chi connectivity index (χ2v) is 5.43. The van der Waals surface area contributed by atoms with Gasteiger partial charge in [-0.05, 0) is 41.8 Å². The Hall–Kier alpha value is -0.830. The van der Waals surface area contributed by atoms with Gasteiger partial charge in [0.15, 0.2) is 11.6 Å². The summed E-state index contributed by atoms with van der Waals surface area (Å²) in [5.74, 6) is -2.00. The molecule has 0 bridgehead atoms. The van der Waals surface area contributed by atoms with Crippen molar-refractivity contribution in [2.75, 3.05) is 0 Å². The first-order valence-electron chi connectivity index (χ1n) is 5.44. The monoisotopic (exact) mass is 320 g/mol. The summed E-state index contributed by atoms with van der Waals surface area (Å²) in [5.41, 5.74) is 1.86. The van der Waals surface area contributed by atoms with Crippen LogP contribution in [0.1, 0.15) is 22.1 Å². The summed E-state index contributed by atoms with van der Waals surface area (Å²) >= 11 is 18.3. The molecule has 100 valence electrons. The van der Waals surface area contributed by atoms with Crippen molar-refractivity contribution in [2.45, 2.75) is 12.3 Å². The van der Waals surface area contributed by atoms with E-state index in [-0.39, 0.29) is 10.6 Å². The predicted octanol–water partition coefficient (Wildman–Crippen LogP) is 5.91. The Kier molecular flexibility index (Phi) is 4.34. The van der Waals surface area contributed by atoms with Gasteiger partial charge in [-0.2, -0.15) is 0 Å². The van der Waals surface area contributed by atoms with Gasteiger partial charge in [-0.3, -0.25) is 0 Å². The van der Waals surface area contributed by atoms with Crippen LogP contribution in [-0.4, -0.2) is 0 Å². The third kappa shape index (κ3) is 3.02. The molecule has 0 aromatic heterocycles. The maximum atomic E-state index is 13.3. The number of rotatable bonds is 2. The lowest BCUT2D eigenvalue weighted by Crippen LogP contribution is -1.98. The molecule has 0 spiro atoms. The average Bonchev–Trinajstić information content (AvgIpc) is 2.33. The Morgan fingerprint density at radius 1 is 0.895 bits per heavy atom. The largest absolute Gasteiger partial charge is 0.204 e. The maximum absolute atomic E-state index is 13.3. The molecule has 1 atom stereocenters. The van der Waals surface area contributed by atoms with Crippen LogP contribution < -0.4 is 0 Å². The lowest BCUT2D eigenvalue weighted by Gasteiger charge is -2.14. The first kappa shape index (κ1) is 14.6. The fraction of sp³-hybridized carbons (Fsp3) is 0.143. The molecule has 2 rings (SSSR count). The highest BCUT2D eigenvalue weighted by molar-refractivity contribution is 6.35. The minimum absolute atomic E-state index is 0.0653. The van der Waals surface area contributed by atoms with Crippen molar-refractivity contribution in [1.29, 1.82) is 0 Å². The van der Waals surface area contributed by atoms with E-state index in [0.29, 0.717) is 10.6 Å². The molecular formula is C14H9Cl3F2. The minimum Gasteiger partial charge on any atom is -0.204 e. The highest BCUT2D eigenvalue weighted by Crippen LogP contribution is 2.38. The van der Waals surface area contributed by atoms with Gasteiger partial charge in [0, 0.05) is 10.0 Å². The standard InChI is InChI=1S/C14H9Cl3F2/c1-7-2-3-8(10(15)4-7)14(17)9-5-12(18)13(19)6-11(9)16/h2-6,14H,1H3. The van der Waals surface area contributed by atoms with E-state index in [2.05, 4.69) is 0 Å². The topological polar surface area (TPSA) is 0 Å². The van der Waals surface area contributed by atoms with Gasteiger partial charge in [0.2, 0.25) is 0 Å². The van der Waals surface area contributed by atoms with Gasteiger partial charge in [-0.25, -0.2) is 8.78 Å². The second-order valence-electron chi connectivity index (χ2n) is 4.18. The summed E-state index contributed by atoms with van der Waals surface area (Å²) in [6.07, 6.45) is 0. The maximum Gasteiger partial charge on any atom is 0.160 e. The summed E-state index contributed by atoms with van der Waals surface area (Å²) in [4.78, 5) is 0. The smallest absolute Gasteiger partial charge is 0.160 e. The minimum atomic E-state index is -1.01. The van der Waals surface area contributed by atoms with Crippen molar-refractivity contribution in [1.82, 2.24) is 0 Å². The van der Waals surface area contributed by atoms with Gasteiger partial charge >= 0.3 is 0 Å². The number of alkyl halides is 1. The lowest BCUT2D eigenvalue weighted by atomic mass is 10.0. The summed E-state index contributed by atoms with van der Waals surface area (Å²) in [6.45, 7) is 1.89. The van der Waals surface area contributed by atoms with Gasteiger partial charge in [0.25, 0.3) is 0 Å². The van der Waals surface area contributed by atoms with Crippen LogP contribution in [0.5, 0.6) is 0 Å². The molecule has 2 aromatic carbocycles. The van der Waals surface area contributed by atoms with Crippen molar-refractivity contribution in [3.05, 3.63) is 68.7 Å². The zero-order valence-corrected chi connectivity index (χ0v) is 12.1. The molecule has 2 aromatic rings. The summed E-state index contributed by atoms with van der Waals surface area (Å²) in [7, 11) is 0. The molecule has 0 radical (unpaired) electrons. The van der Waals surface area contributed by atoms with Crippen molar-refractivity contribution in [3.8, 4) is 0 Å². The van der Waals surface area contributed by atoms with Crippen LogP contribution in [0.3, 0.4) is 0 Å². The zero-order chi connectivity index (χ0) is 14.2. The Balaban J connectivity index is 2.49. The van der Waals surface area contributed by atoms with Crippen molar-refractivity contribution in [2.24, 2.45) is 0 Å². The molecule has 0 aliphatic carbocycles.